The summed E-state index contributed by atoms with van der Waals surface area (Å²) in [4.78, 5) is 27.9. The number of carbonyl (C=O) groups excluding carboxylic acids is 1. The second-order valence-corrected chi connectivity index (χ2v) is 7.03. The maximum absolute atomic E-state index is 13.3. The summed E-state index contributed by atoms with van der Waals surface area (Å²) in [6.45, 7) is 1.75. The fraction of sp³-hybridized carbons (Fsp3) is 0.250. The molecule has 1 fully saturated rings. The van der Waals surface area contributed by atoms with Crippen LogP contribution in [-0.2, 0) is 7.05 Å². The molecule has 7 heteroatoms. The largest absolute Gasteiger partial charge is 0.328 e. The van der Waals surface area contributed by atoms with Gasteiger partial charge >= 0.3 is 0 Å². The molecule has 0 saturated carbocycles. The molecule has 1 amide bonds. The molecular weight excluding hydrogens is 364 g/mol. The maximum atomic E-state index is 13.3. The smallest absolute Gasteiger partial charge is 0.279 e. The number of hydrogen-bond donors (Lipinski definition) is 1. The minimum atomic E-state index is -0.354. The first-order chi connectivity index (χ1) is 13.1. The molecule has 0 bridgehead atoms. The number of hydrogen-bond acceptors (Lipinski definition) is 4. The van der Waals surface area contributed by atoms with Crippen LogP contribution in [0.3, 0.4) is 0 Å². The number of para-hydroxylation sites is 1. The molecule has 1 aliphatic rings. The van der Waals surface area contributed by atoms with Crippen LogP contribution in [0.15, 0.2) is 53.3 Å². The maximum Gasteiger partial charge on any atom is 0.279 e. The highest BCUT2D eigenvalue weighted by atomic mass is 35.5. The first-order valence-electron chi connectivity index (χ1n) is 8.79. The zero-order valence-corrected chi connectivity index (χ0v) is 15.6. The molecule has 1 saturated heterocycles. The molecule has 0 aliphatic carbocycles. The number of nitrogens with zero attached hydrogens (tertiary/aromatic N) is 3. The molecule has 1 atom stereocenters. The van der Waals surface area contributed by atoms with Gasteiger partial charge in [0, 0.05) is 37.1 Å². The van der Waals surface area contributed by atoms with Crippen LogP contribution in [0.5, 0.6) is 0 Å². The number of carbonyl (C=O) groups is 1. The van der Waals surface area contributed by atoms with Gasteiger partial charge in [0.2, 0.25) is 5.43 Å². The van der Waals surface area contributed by atoms with Crippen LogP contribution in [0, 0.1) is 0 Å². The molecule has 2 heterocycles. The predicted octanol–water partition coefficient (Wildman–Crippen LogP) is 2.37. The molecule has 2 aromatic carbocycles. The summed E-state index contributed by atoms with van der Waals surface area (Å²) >= 11 is 6.13. The van der Waals surface area contributed by atoms with Gasteiger partial charge in [-0.15, -0.1) is 0 Å². The Labute approximate surface area is 161 Å². The van der Waals surface area contributed by atoms with Crippen molar-refractivity contribution in [2.75, 3.05) is 19.6 Å². The number of fused-ring (bicyclic) bond motifs is 1. The standard InChI is InChI=1S/C20H19ClN4O2/c1-24-16-8-3-2-7-15(16)19(26)18(23-24)20(27)25-10-9-22-12-17(25)13-5-4-6-14(21)11-13/h2-8,11,17,22H,9-10,12H2,1H3. The van der Waals surface area contributed by atoms with Gasteiger partial charge in [-0.1, -0.05) is 35.9 Å². The Morgan fingerprint density at radius 1 is 1.22 bits per heavy atom. The van der Waals surface area contributed by atoms with E-state index in [4.69, 9.17) is 11.6 Å². The second-order valence-electron chi connectivity index (χ2n) is 6.59. The van der Waals surface area contributed by atoms with E-state index in [-0.39, 0.29) is 23.1 Å². The minimum Gasteiger partial charge on any atom is -0.328 e. The van der Waals surface area contributed by atoms with Crippen molar-refractivity contribution in [2.45, 2.75) is 6.04 Å². The number of aryl methyl sites for hydroxylation is 1. The topological polar surface area (TPSA) is 67.2 Å². The fourth-order valence-electron chi connectivity index (χ4n) is 3.56. The van der Waals surface area contributed by atoms with Gasteiger partial charge in [0.25, 0.3) is 5.91 Å². The van der Waals surface area contributed by atoms with E-state index in [0.29, 0.717) is 35.6 Å². The zero-order valence-electron chi connectivity index (χ0n) is 14.9. The quantitative estimate of drug-likeness (QED) is 0.739. The predicted molar refractivity (Wildman–Crippen MR) is 105 cm³/mol. The van der Waals surface area contributed by atoms with Gasteiger partial charge < -0.3 is 10.2 Å². The molecule has 6 nitrogen and oxygen atoms in total. The van der Waals surface area contributed by atoms with Crippen LogP contribution in [0.1, 0.15) is 22.1 Å². The zero-order chi connectivity index (χ0) is 19.0. The average molecular weight is 383 g/mol. The van der Waals surface area contributed by atoms with Crippen LogP contribution < -0.4 is 10.7 Å². The molecular formula is C20H19ClN4O2. The van der Waals surface area contributed by atoms with E-state index in [1.807, 2.05) is 30.3 Å². The van der Waals surface area contributed by atoms with Gasteiger partial charge in [-0.2, -0.15) is 5.10 Å². The van der Waals surface area contributed by atoms with E-state index < -0.39 is 0 Å². The van der Waals surface area contributed by atoms with Crippen molar-refractivity contribution < 1.29 is 4.79 Å². The summed E-state index contributed by atoms with van der Waals surface area (Å²) in [7, 11) is 1.74. The van der Waals surface area contributed by atoms with E-state index in [9.17, 15) is 9.59 Å². The van der Waals surface area contributed by atoms with Crippen molar-refractivity contribution in [3.63, 3.8) is 0 Å². The van der Waals surface area contributed by atoms with Gasteiger partial charge in [-0.05, 0) is 29.8 Å². The summed E-state index contributed by atoms with van der Waals surface area (Å²) in [6.07, 6.45) is 0. The number of aromatic nitrogens is 2. The number of amides is 1. The van der Waals surface area contributed by atoms with Crippen molar-refractivity contribution in [3.8, 4) is 0 Å². The third-order valence-electron chi connectivity index (χ3n) is 4.90. The van der Waals surface area contributed by atoms with Crippen molar-refractivity contribution in [3.05, 3.63) is 75.0 Å². The van der Waals surface area contributed by atoms with Crippen LogP contribution in [-0.4, -0.2) is 40.2 Å². The first-order valence-corrected chi connectivity index (χ1v) is 9.17. The van der Waals surface area contributed by atoms with Gasteiger partial charge in [0.1, 0.15) is 0 Å². The summed E-state index contributed by atoms with van der Waals surface area (Å²) in [5.41, 5.74) is 1.24. The second kappa shape index (κ2) is 7.13. The number of rotatable bonds is 2. The van der Waals surface area contributed by atoms with Crippen LogP contribution in [0.2, 0.25) is 5.02 Å². The lowest BCUT2D eigenvalue weighted by Gasteiger charge is -2.36. The molecule has 1 aliphatic heterocycles. The lowest BCUT2D eigenvalue weighted by Crippen LogP contribution is -2.50. The summed E-state index contributed by atoms with van der Waals surface area (Å²) in [6, 6.07) is 14.4. The summed E-state index contributed by atoms with van der Waals surface area (Å²) in [5.74, 6) is -0.354. The number of piperazine rings is 1. The highest BCUT2D eigenvalue weighted by molar-refractivity contribution is 6.30. The van der Waals surface area contributed by atoms with Gasteiger partial charge in [-0.3, -0.25) is 14.3 Å². The summed E-state index contributed by atoms with van der Waals surface area (Å²) < 4.78 is 1.58. The Morgan fingerprint density at radius 2 is 2.04 bits per heavy atom. The van der Waals surface area contributed by atoms with Crippen molar-refractivity contribution in [1.82, 2.24) is 20.0 Å². The summed E-state index contributed by atoms with van der Waals surface area (Å²) in [5, 5.41) is 8.70. The van der Waals surface area contributed by atoms with Gasteiger partial charge in [0.05, 0.1) is 11.6 Å². The lowest BCUT2D eigenvalue weighted by molar-refractivity contribution is 0.0624. The molecule has 4 rings (SSSR count). The molecule has 3 aromatic rings. The normalized spacial score (nSPS) is 17.3. The Kier molecular flexibility index (Phi) is 4.68. The third-order valence-corrected chi connectivity index (χ3v) is 5.14. The van der Waals surface area contributed by atoms with E-state index in [1.165, 1.54) is 0 Å². The third kappa shape index (κ3) is 3.22. The average Bonchev–Trinajstić information content (AvgIpc) is 2.70. The lowest BCUT2D eigenvalue weighted by atomic mass is 10.0. The van der Waals surface area contributed by atoms with Gasteiger partial charge in [-0.25, -0.2) is 0 Å². The first kappa shape index (κ1) is 17.7. The van der Waals surface area contributed by atoms with Crippen molar-refractivity contribution in [1.29, 1.82) is 0 Å². The molecule has 0 radical (unpaired) electrons. The Balaban J connectivity index is 1.78. The fourth-order valence-corrected chi connectivity index (χ4v) is 3.76. The van der Waals surface area contributed by atoms with Crippen LogP contribution in [0.25, 0.3) is 10.9 Å². The van der Waals surface area contributed by atoms with E-state index >= 15 is 0 Å². The minimum absolute atomic E-state index is 0.0508. The number of benzene rings is 2. The van der Waals surface area contributed by atoms with E-state index in [2.05, 4.69) is 10.4 Å². The van der Waals surface area contributed by atoms with Crippen molar-refractivity contribution >= 4 is 28.4 Å². The molecule has 138 valence electrons. The van der Waals surface area contributed by atoms with Gasteiger partial charge in [0.15, 0.2) is 5.69 Å². The van der Waals surface area contributed by atoms with E-state index in [0.717, 1.165) is 5.56 Å². The molecule has 1 N–H and O–H groups in total. The molecule has 1 aromatic heterocycles. The molecule has 0 spiro atoms. The molecule has 27 heavy (non-hydrogen) atoms. The Bertz CT molecular complexity index is 1080. The van der Waals surface area contributed by atoms with Crippen LogP contribution >= 0.6 is 11.6 Å². The monoisotopic (exact) mass is 382 g/mol. The Morgan fingerprint density at radius 3 is 2.85 bits per heavy atom. The highest BCUT2D eigenvalue weighted by Crippen LogP contribution is 2.25. The van der Waals surface area contributed by atoms with Crippen molar-refractivity contribution in [2.24, 2.45) is 7.05 Å². The Hall–Kier alpha value is -2.70. The highest BCUT2D eigenvalue weighted by Gasteiger charge is 2.31. The SMILES string of the molecule is Cn1nc(C(=O)N2CCNCC2c2cccc(Cl)c2)c(=O)c2ccccc21. The number of halogens is 1. The number of nitrogens with one attached hydrogen (secondary N) is 1. The molecule has 1 unspecified atom stereocenters. The van der Waals surface area contributed by atoms with Crippen LogP contribution in [0.4, 0.5) is 0 Å². The van der Waals surface area contributed by atoms with E-state index in [1.54, 1.807) is 34.8 Å².